The van der Waals surface area contributed by atoms with Crippen LogP contribution in [0.1, 0.15) is 5.56 Å². The van der Waals surface area contributed by atoms with Crippen molar-refractivity contribution in [1.29, 1.82) is 0 Å². The lowest BCUT2D eigenvalue weighted by Crippen LogP contribution is -2.45. The fourth-order valence-corrected chi connectivity index (χ4v) is 8.23. The number of benzene rings is 1. The summed E-state index contributed by atoms with van der Waals surface area (Å²) in [6.07, 6.45) is 4.01. The Bertz CT molecular complexity index is 993. The lowest BCUT2D eigenvalue weighted by molar-refractivity contribution is 0.266. The molecule has 2 aromatic rings. The topological polar surface area (TPSA) is 84.4 Å². The Kier molecular flexibility index (Phi) is 5.64. The summed E-state index contributed by atoms with van der Waals surface area (Å²) < 4.78 is 63.5. The van der Waals surface area contributed by atoms with Crippen molar-refractivity contribution in [1.82, 2.24) is 9.88 Å². The van der Waals surface area contributed by atoms with Gasteiger partial charge in [0.15, 0.2) is 19.7 Å². The Morgan fingerprint density at radius 3 is 2.37 bits per heavy atom. The van der Waals surface area contributed by atoms with Gasteiger partial charge in [-0.2, -0.15) is 0 Å². The first kappa shape index (κ1) is 19.9. The average Bonchev–Trinajstić information content (AvgIpc) is 2.97. The first-order valence-corrected chi connectivity index (χ1v) is 11.8. The normalized spacial score (nSPS) is 22.2. The van der Waals surface area contributed by atoms with E-state index in [1.807, 2.05) is 12.1 Å². The number of halogens is 1. The van der Waals surface area contributed by atoms with Crippen LogP contribution in [0.4, 0.5) is 4.39 Å². The lowest BCUT2D eigenvalue weighted by atomic mass is 10.1. The summed E-state index contributed by atoms with van der Waals surface area (Å²) in [6, 6.07) is 7.59. The Morgan fingerprint density at radius 2 is 1.74 bits per heavy atom. The molecule has 0 radical (unpaired) electrons. The third-order valence-corrected chi connectivity index (χ3v) is 9.02. The first-order valence-electron chi connectivity index (χ1n) is 8.48. The highest BCUT2D eigenvalue weighted by Crippen LogP contribution is 2.28. The van der Waals surface area contributed by atoms with Crippen LogP contribution >= 0.6 is 0 Å². The van der Waals surface area contributed by atoms with Crippen LogP contribution in [0.3, 0.4) is 0 Å². The fourth-order valence-electron chi connectivity index (χ4n) is 3.32. The highest BCUT2D eigenvalue weighted by Gasteiger charge is 2.47. The van der Waals surface area contributed by atoms with Crippen LogP contribution in [0, 0.1) is 5.82 Å². The number of pyridine rings is 1. The molecule has 0 spiro atoms. The molecule has 0 N–H and O–H groups in total. The number of sulfone groups is 2. The molecule has 3 rings (SSSR count). The van der Waals surface area contributed by atoms with E-state index >= 15 is 0 Å². The van der Waals surface area contributed by atoms with Gasteiger partial charge in [-0.25, -0.2) is 21.2 Å². The minimum atomic E-state index is -3.90. The van der Waals surface area contributed by atoms with E-state index in [1.165, 1.54) is 12.1 Å². The van der Waals surface area contributed by atoms with Crippen molar-refractivity contribution in [2.75, 3.05) is 25.1 Å². The Labute approximate surface area is 158 Å². The van der Waals surface area contributed by atoms with Gasteiger partial charge in [0.25, 0.3) is 0 Å². The van der Waals surface area contributed by atoms with Gasteiger partial charge in [-0.15, -0.1) is 0 Å². The van der Waals surface area contributed by atoms with E-state index in [4.69, 9.17) is 0 Å². The summed E-state index contributed by atoms with van der Waals surface area (Å²) in [5.41, 5.74) is 1.04. The smallest absolute Gasteiger partial charge is 0.183 e. The first-order chi connectivity index (χ1) is 12.7. The van der Waals surface area contributed by atoms with Gasteiger partial charge < -0.3 is 4.90 Å². The summed E-state index contributed by atoms with van der Waals surface area (Å²) in [5.74, 6) is -1.17. The van der Waals surface area contributed by atoms with E-state index in [1.54, 1.807) is 24.3 Å². The molecule has 0 unspecified atom stereocenters. The van der Waals surface area contributed by atoms with Crippen LogP contribution in [-0.4, -0.2) is 63.1 Å². The maximum Gasteiger partial charge on any atom is 0.183 e. The summed E-state index contributed by atoms with van der Waals surface area (Å²) in [5, 5.41) is -1.07. The highest BCUT2D eigenvalue weighted by molar-refractivity contribution is 7.96. The molecule has 0 bridgehead atoms. The molecular weight excluding hydrogens is 391 g/mol. The number of aromatic nitrogens is 1. The number of hydrogen-bond donors (Lipinski definition) is 0. The molecule has 1 aliphatic heterocycles. The second kappa shape index (κ2) is 7.65. The highest BCUT2D eigenvalue weighted by atomic mass is 32.2. The predicted octanol–water partition coefficient (Wildman–Crippen LogP) is 1.33. The molecule has 1 fully saturated rings. The molecule has 2 heterocycles. The zero-order valence-corrected chi connectivity index (χ0v) is 16.5. The van der Waals surface area contributed by atoms with Gasteiger partial charge in [0.2, 0.25) is 0 Å². The van der Waals surface area contributed by atoms with Crippen molar-refractivity contribution >= 4 is 19.7 Å². The van der Waals surface area contributed by atoms with Crippen molar-refractivity contribution in [3.05, 3.63) is 60.2 Å². The van der Waals surface area contributed by atoms with Crippen LogP contribution < -0.4 is 0 Å². The number of likely N-dealkylation sites (N-methyl/N-ethyl adjacent to an activating group) is 1. The molecule has 9 heteroatoms. The van der Waals surface area contributed by atoms with E-state index in [0.717, 1.165) is 17.7 Å². The monoisotopic (exact) mass is 412 g/mol. The van der Waals surface area contributed by atoms with Crippen LogP contribution in [-0.2, 0) is 26.1 Å². The fraction of sp³-hybridized carbons (Fsp3) is 0.389. The second-order valence-corrected chi connectivity index (χ2v) is 11.1. The zero-order valence-electron chi connectivity index (χ0n) is 14.8. The summed E-state index contributed by atoms with van der Waals surface area (Å²) in [4.78, 5) is 5.69. The zero-order chi connectivity index (χ0) is 19.7. The van der Waals surface area contributed by atoms with Crippen molar-refractivity contribution in [2.24, 2.45) is 0 Å². The maximum atomic E-state index is 13.1. The maximum absolute atomic E-state index is 13.1. The number of rotatable bonds is 6. The molecule has 1 aliphatic rings. The van der Waals surface area contributed by atoms with Crippen molar-refractivity contribution in [3.63, 3.8) is 0 Å². The summed E-state index contributed by atoms with van der Waals surface area (Å²) in [6.45, 7) is 0.514. The predicted molar refractivity (Wildman–Crippen MR) is 100 cm³/mol. The number of hydrogen-bond acceptors (Lipinski definition) is 6. The van der Waals surface area contributed by atoms with Gasteiger partial charge in [0.05, 0.1) is 21.7 Å². The Balaban J connectivity index is 1.83. The molecule has 1 aromatic heterocycles. The molecule has 146 valence electrons. The van der Waals surface area contributed by atoms with E-state index in [-0.39, 0.29) is 10.6 Å². The van der Waals surface area contributed by atoms with Crippen molar-refractivity contribution in [2.45, 2.75) is 22.6 Å². The summed E-state index contributed by atoms with van der Waals surface area (Å²) >= 11 is 0. The second-order valence-electron chi connectivity index (χ2n) is 6.77. The van der Waals surface area contributed by atoms with E-state index in [2.05, 4.69) is 4.98 Å². The molecule has 0 aliphatic carbocycles. The Hall–Kier alpha value is -1.84. The number of nitrogens with zero attached hydrogens (tertiary/aromatic N) is 2. The third kappa shape index (κ3) is 4.53. The molecule has 2 atom stereocenters. The minimum absolute atomic E-state index is 0.0569. The van der Waals surface area contributed by atoms with Crippen LogP contribution in [0.5, 0.6) is 0 Å². The lowest BCUT2D eigenvalue weighted by Gasteiger charge is -2.28. The Morgan fingerprint density at radius 1 is 1.11 bits per heavy atom. The minimum Gasteiger partial charge on any atom is -0.301 e. The molecule has 1 aromatic carbocycles. The van der Waals surface area contributed by atoms with Gasteiger partial charge >= 0.3 is 0 Å². The van der Waals surface area contributed by atoms with Gasteiger partial charge in [-0.1, -0.05) is 0 Å². The largest absolute Gasteiger partial charge is 0.301 e. The SMILES string of the molecule is CN(CCc1ccncc1)[C@@H]1CS(=O)(=O)C[C@H]1S(=O)(=O)c1ccc(F)cc1. The molecule has 6 nitrogen and oxygen atoms in total. The van der Waals surface area contributed by atoms with Gasteiger partial charge in [-0.3, -0.25) is 4.98 Å². The molecule has 27 heavy (non-hydrogen) atoms. The van der Waals surface area contributed by atoms with Gasteiger partial charge in [-0.05, 0) is 55.4 Å². The molecule has 1 saturated heterocycles. The van der Waals surface area contributed by atoms with E-state index in [0.29, 0.717) is 13.0 Å². The van der Waals surface area contributed by atoms with E-state index in [9.17, 15) is 21.2 Å². The quantitative estimate of drug-likeness (QED) is 0.666. The standard InChI is InChI=1S/C18H21FN2O4S2/c1-21(11-8-14-6-9-20-10-7-14)17-12-26(22,23)13-18(17)27(24,25)16-4-2-15(19)3-5-16/h2-7,9-10,17-18H,8,11-13H2,1H3/t17-,18-/m1/s1. The van der Waals surface area contributed by atoms with Gasteiger partial charge in [0.1, 0.15) is 5.82 Å². The van der Waals surface area contributed by atoms with Crippen molar-refractivity contribution in [3.8, 4) is 0 Å². The van der Waals surface area contributed by atoms with Crippen LogP contribution in [0.2, 0.25) is 0 Å². The van der Waals surface area contributed by atoms with E-state index < -0.39 is 42.5 Å². The van der Waals surface area contributed by atoms with Crippen LogP contribution in [0.15, 0.2) is 53.7 Å². The summed E-state index contributed by atoms with van der Waals surface area (Å²) in [7, 11) is -5.64. The van der Waals surface area contributed by atoms with Gasteiger partial charge in [0, 0.05) is 25.0 Å². The molecule has 0 saturated carbocycles. The van der Waals surface area contributed by atoms with Crippen LogP contribution in [0.25, 0.3) is 0 Å². The van der Waals surface area contributed by atoms with Crippen molar-refractivity contribution < 1.29 is 21.2 Å². The molecule has 0 amide bonds. The third-order valence-electron chi connectivity index (χ3n) is 4.88. The average molecular weight is 413 g/mol. The molecular formula is C18H21FN2O4S2.